The molecule has 0 aliphatic rings. The Labute approximate surface area is 174 Å². The van der Waals surface area contributed by atoms with Crippen LogP contribution in [0.25, 0.3) is 12.2 Å². The smallest absolute Gasteiger partial charge is 0.354 e. The molecule has 0 radical (unpaired) electrons. The number of hydrogen-bond donors (Lipinski definition) is 0. The first-order valence-corrected chi connectivity index (χ1v) is 8.88. The fraction of sp³-hybridized carbons (Fsp3) is 0.130. The van der Waals surface area contributed by atoms with E-state index in [0.29, 0.717) is 16.9 Å². The van der Waals surface area contributed by atoms with Gasteiger partial charge in [-0.05, 0) is 42.8 Å². The van der Waals surface area contributed by atoms with Crippen molar-refractivity contribution in [2.75, 3.05) is 13.7 Å². The third-order valence-electron chi connectivity index (χ3n) is 3.77. The van der Waals surface area contributed by atoms with E-state index in [9.17, 15) is 14.9 Å². The summed E-state index contributed by atoms with van der Waals surface area (Å²) in [5, 5.41) is 18.5. The fourth-order valence-corrected chi connectivity index (χ4v) is 2.42. The molecule has 0 heterocycles. The third-order valence-corrected chi connectivity index (χ3v) is 3.77. The first-order chi connectivity index (χ1) is 14.5. The van der Waals surface area contributed by atoms with Gasteiger partial charge in [-0.15, -0.1) is 0 Å². The van der Waals surface area contributed by atoms with Gasteiger partial charge in [-0.2, -0.15) is 10.5 Å². The third kappa shape index (κ3) is 5.82. The topological polar surface area (TPSA) is 109 Å². The van der Waals surface area contributed by atoms with Crippen molar-refractivity contribution in [2.24, 2.45) is 0 Å². The molecule has 0 amide bonds. The van der Waals surface area contributed by atoms with Crippen molar-refractivity contribution in [1.29, 1.82) is 10.5 Å². The van der Waals surface area contributed by atoms with Crippen molar-refractivity contribution >= 4 is 24.1 Å². The van der Waals surface area contributed by atoms with E-state index in [1.165, 1.54) is 31.4 Å². The Kier molecular flexibility index (Phi) is 7.93. The van der Waals surface area contributed by atoms with E-state index in [1.807, 2.05) is 6.07 Å². The summed E-state index contributed by atoms with van der Waals surface area (Å²) in [5.74, 6) is -0.936. The molecule has 0 atom stereocenters. The second-order valence-corrected chi connectivity index (χ2v) is 5.76. The Morgan fingerprint density at radius 3 is 2.33 bits per heavy atom. The van der Waals surface area contributed by atoms with Crippen molar-refractivity contribution in [3.8, 4) is 23.6 Å². The number of hydrogen-bond acceptors (Lipinski definition) is 7. The monoisotopic (exact) mass is 402 g/mol. The van der Waals surface area contributed by atoms with Gasteiger partial charge in [-0.25, -0.2) is 9.59 Å². The van der Waals surface area contributed by atoms with Crippen LogP contribution in [0, 0.1) is 22.7 Å². The maximum absolute atomic E-state index is 12.4. The van der Waals surface area contributed by atoms with Crippen molar-refractivity contribution in [3.05, 3.63) is 70.8 Å². The summed E-state index contributed by atoms with van der Waals surface area (Å²) < 4.78 is 15.3. The summed E-state index contributed by atoms with van der Waals surface area (Å²) in [5.41, 5.74) is 0.606. The number of nitrogens with zero attached hydrogens (tertiary/aromatic N) is 2. The minimum absolute atomic E-state index is 0.144. The molecule has 2 aromatic carbocycles. The maximum Gasteiger partial charge on any atom is 0.354 e. The summed E-state index contributed by atoms with van der Waals surface area (Å²) in [6.45, 7) is 1.78. The fourth-order valence-electron chi connectivity index (χ4n) is 2.42. The molecule has 0 aromatic heterocycles. The number of para-hydroxylation sites is 1. The molecular formula is C23H18N2O5. The van der Waals surface area contributed by atoms with Crippen molar-refractivity contribution in [3.63, 3.8) is 0 Å². The summed E-state index contributed by atoms with van der Waals surface area (Å²) in [6.07, 6.45) is 2.70. The van der Waals surface area contributed by atoms with Crippen LogP contribution in [0.5, 0.6) is 11.5 Å². The summed E-state index contributed by atoms with van der Waals surface area (Å²) in [4.78, 5) is 24.2. The highest BCUT2D eigenvalue weighted by atomic mass is 16.5. The molecule has 7 nitrogen and oxygen atoms in total. The highest BCUT2D eigenvalue weighted by Crippen LogP contribution is 2.22. The van der Waals surface area contributed by atoms with Crippen LogP contribution in [0.1, 0.15) is 18.1 Å². The van der Waals surface area contributed by atoms with Gasteiger partial charge in [0, 0.05) is 5.56 Å². The molecule has 0 saturated heterocycles. The minimum atomic E-state index is -0.851. The predicted octanol–water partition coefficient (Wildman–Crippen LogP) is 3.68. The molecule has 0 fully saturated rings. The predicted molar refractivity (Wildman–Crippen MR) is 109 cm³/mol. The van der Waals surface area contributed by atoms with Gasteiger partial charge in [0.05, 0.1) is 13.7 Å². The molecule has 0 aliphatic heterocycles. The van der Waals surface area contributed by atoms with Gasteiger partial charge in [0.25, 0.3) is 0 Å². The first kappa shape index (κ1) is 21.9. The molecule has 0 N–H and O–H groups in total. The van der Waals surface area contributed by atoms with E-state index in [4.69, 9.17) is 19.5 Å². The van der Waals surface area contributed by atoms with E-state index in [1.54, 1.807) is 49.4 Å². The van der Waals surface area contributed by atoms with Gasteiger partial charge >= 0.3 is 11.9 Å². The zero-order valence-corrected chi connectivity index (χ0v) is 16.4. The van der Waals surface area contributed by atoms with Crippen LogP contribution < -0.4 is 9.47 Å². The van der Waals surface area contributed by atoms with Gasteiger partial charge < -0.3 is 14.2 Å². The molecule has 7 heteroatoms. The number of nitriles is 2. The first-order valence-electron chi connectivity index (χ1n) is 8.88. The van der Waals surface area contributed by atoms with Crippen molar-refractivity contribution in [2.45, 2.75) is 6.92 Å². The van der Waals surface area contributed by atoms with Crippen LogP contribution in [0.15, 0.2) is 59.7 Å². The highest BCUT2D eigenvalue weighted by molar-refractivity contribution is 6.00. The van der Waals surface area contributed by atoms with Gasteiger partial charge in [0.15, 0.2) is 0 Å². The standard InChI is InChI=1S/C23H18N2O5/c1-3-29-22(26)18(14-24)11-16-7-6-9-20(12-16)30-23(27)19(15-25)13-17-8-4-5-10-21(17)28-2/h4-13H,3H2,1-2H3/b18-11+,19-13+. The molecule has 0 unspecified atom stereocenters. The Hall–Kier alpha value is -4.36. The van der Waals surface area contributed by atoms with Gasteiger partial charge in [-0.1, -0.05) is 30.3 Å². The molecule has 0 aliphatic carbocycles. The number of carbonyl (C=O) groups excluding carboxylic acids is 2. The largest absolute Gasteiger partial charge is 0.496 e. The van der Waals surface area contributed by atoms with Crippen molar-refractivity contribution < 1.29 is 23.8 Å². The number of ether oxygens (including phenoxy) is 3. The van der Waals surface area contributed by atoms with Crippen molar-refractivity contribution in [1.82, 2.24) is 0 Å². The second kappa shape index (κ2) is 10.8. The lowest BCUT2D eigenvalue weighted by Crippen LogP contribution is -2.10. The molecule has 0 saturated carbocycles. The Balaban J connectivity index is 2.26. The van der Waals surface area contributed by atoms with Crippen LogP contribution >= 0.6 is 0 Å². The van der Waals surface area contributed by atoms with E-state index in [2.05, 4.69) is 0 Å². The van der Waals surface area contributed by atoms with Gasteiger partial charge in [-0.3, -0.25) is 0 Å². The second-order valence-electron chi connectivity index (χ2n) is 5.76. The summed E-state index contributed by atoms with van der Waals surface area (Å²) >= 11 is 0. The lowest BCUT2D eigenvalue weighted by molar-refractivity contribution is -0.138. The van der Waals surface area contributed by atoms with Crippen LogP contribution in [-0.4, -0.2) is 25.7 Å². The van der Waals surface area contributed by atoms with Gasteiger partial charge in [0.1, 0.15) is 34.8 Å². The number of benzene rings is 2. The van der Waals surface area contributed by atoms with E-state index < -0.39 is 11.9 Å². The molecule has 0 bridgehead atoms. The van der Waals surface area contributed by atoms with E-state index in [0.717, 1.165) is 0 Å². The van der Waals surface area contributed by atoms with E-state index >= 15 is 0 Å². The number of carbonyl (C=O) groups is 2. The SMILES string of the molecule is CCOC(=O)/C(C#N)=C/c1cccc(OC(=O)/C(C#N)=C/c2ccccc2OC)c1. The summed E-state index contributed by atoms with van der Waals surface area (Å²) in [6, 6.07) is 16.7. The van der Waals surface area contributed by atoms with Crippen LogP contribution in [0.3, 0.4) is 0 Å². The quantitative estimate of drug-likeness (QED) is 0.301. The summed E-state index contributed by atoms with van der Waals surface area (Å²) in [7, 11) is 1.49. The van der Waals surface area contributed by atoms with E-state index in [-0.39, 0.29) is 23.5 Å². The van der Waals surface area contributed by atoms with Crippen LogP contribution in [0.2, 0.25) is 0 Å². The number of esters is 2. The Morgan fingerprint density at radius 2 is 1.67 bits per heavy atom. The number of methoxy groups -OCH3 is 1. The Bertz CT molecular complexity index is 1090. The average molecular weight is 402 g/mol. The maximum atomic E-state index is 12.4. The van der Waals surface area contributed by atoms with Crippen LogP contribution in [-0.2, 0) is 14.3 Å². The normalized spacial score (nSPS) is 11.1. The molecule has 0 spiro atoms. The van der Waals surface area contributed by atoms with Gasteiger partial charge in [0.2, 0.25) is 0 Å². The highest BCUT2D eigenvalue weighted by Gasteiger charge is 2.14. The van der Waals surface area contributed by atoms with Crippen LogP contribution in [0.4, 0.5) is 0 Å². The molecule has 2 aromatic rings. The molecule has 150 valence electrons. The Morgan fingerprint density at radius 1 is 0.967 bits per heavy atom. The molecular weight excluding hydrogens is 384 g/mol. The average Bonchev–Trinajstić information content (AvgIpc) is 2.76. The lowest BCUT2D eigenvalue weighted by atomic mass is 10.1. The molecule has 30 heavy (non-hydrogen) atoms. The molecule has 2 rings (SSSR count). The number of rotatable bonds is 7. The zero-order valence-electron chi connectivity index (χ0n) is 16.4. The zero-order chi connectivity index (χ0) is 21.9. The minimum Gasteiger partial charge on any atom is -0.496 e. The lowest BCUT2D eigenvalue weighted by Gasteiger charge is -2.06.